The van der Waals surface area contributed by atoms with Gasteiger partial charge in [-0.05, 0) is 41.5 Å². The molecule has 0 atom stereocenters. The predicted molar refractivity (Wildman–Crippen MR) is 111 cm³/mol. The SMILES string of the molecule is O=C(NN=Cc1ccc(OCc2ccccc2)cc1)c1c[nH]c2ccccc12. The zero-order valence-electron chi connectivity index (χ0n) is 15.1. The molecule has 2 N–H and O–H groups in total. The number of ether oxygens (including phenoxy) is 1. The third-order valence-corrected chi connectivity index (χ3v) is 4.34. The van der Waals surface area contributed by atoms with E-state index in [1.807, 2.05) is 78.9 Å². The minimum Gasteiger partial charge on any atom is -0.489 e. The Morgan fingerprint density at radius 3 is 2.54 bits per heavy atom. The molecule has 0 spiro atoms. The summed E-state index contributed by atoms with van der Waals surface area (Å²) in [5.74, 6) is 0.528. The van der Waals surface area contributed by atoms with E-state index in [1.165, 1.54) is 0 Å². The molecule has 1 amide bonds. The number of benzene rings is 3. The smallest absolute Gasteiger partial charge is 0.273 e. The summed E-state index contributed by atoms with van der Waals surface area (Å²) in [5.41, 5.74) is 6.04. The van der Waals surface area contributed by atoms with Crippen LogP contribution in [0.15, 0.2) is 90.2 Å². The number of aromatic amines is 1. The largest absolute Gasteiger partial charge is 0.489 e. The maximum atomic E-state index is 12.3. The molecule has 0 fully saturated rings. The molecule has 0 bridgehead atoms. The van der Waals surface area contributed by atoms with Crippen LogP contribution in [0.25, 0.3) is 10.9 Å². The van der Waals surface area contributed by atoms with Crippen molar-refractivity contribution in [2.75, 3.05) is 0 Å². The molecule has 0 aliphatic rings. The van der Waals surface area contributed by atoms with Crippen molar-refractivity contribution in [1.29, 1.82) is 0 Å². The molecular weight excluding hydrogens is 350 g/mol. The molecule has 5 nitrogen and oxygen atoms in total. The van der Waals surface area contributed by atoms with E-state index in [0.29, 0.717) is 12.2 Å². The van der Waals surface area contributed by atoms with Crippen LogP contribution in [0.1, 0.15) is 21.5 Å². The second-order valence-electron chi connectivity index (χ2n) is 6.29. The van der Waals surface area contributed by atoms with E-state index in [1.54, 1.807) is 12.4 Å². The van der Waals surface area contributed by atoms with E-state index < -0.39 is 0 Å². The number of hydrazone groups is 1. The molecular formula is C23H19N3O2. The van der Waals surface area contributed by atoms with Gasteiger partial charge in [-0.1, -0.05) is 48.5 Å². The molecule has 138 valence electrons. The zero-order chi connectivity index (χ0) is 19.2. The van der Waals surface area contributed by atoms with E-state index in [2.05, 4.69) is 15.5 Å². The average Bonchev–Trinajstić information content (AvgIpc) is 3.18. The number of H-pyrrole nitrogens is 1. The number of amides is 1. The van der Waals surface area contributed by atoms with E-state index in [0.717, 1.165) is 27.8 Å². The van der Waals surface area contributed by atoms with E-state index in [-0.39, 0.29) is 5.91 Å². The quantitative estimate of drug-likeness (QED) is 0.388. The molecule has 4 rings (SSSR count). The summed E-state index contributed by atoms with van der Waals surface area (Å²) in [6, 6.07) is 25.2. The van der Waals surface area contributed by atoms with Gasteiger partial charge in [-0.2, -0.15) is 5.10 Å². The fourth-order valence-corrected chi connectivity index (χ4v) is 2.88. The average molecular weight is 369 g/mol. The van der Waals surface area contributed by atoms with Crippen molar-refractivity contribution in [3.05, 3.63) is 102 Å². The topological polar surface area (TPSA) is 66.5 Å². The molecule has 5 heteroatoms. The van der Waals surface area contributed by atoms with Crippen LogP contribution in [0.2, 0.25) is 0 Å². The van der Waals surface area contributed by atoms with Crippen LogP contribution in [-0.4, -0.2) is 17.1 Å². The number of carbonyl (C=O) groups excluding carboxylic acids is 1. The highest BCUT2D eigenvalue weighted by Gasteiger charge is 2.10. The summed E-state index contributed by atoms with van der Waals surface area (Å²) >= 11 is 0. The number of nitrogens with one attached hydrogen (secondary N) is 2. The molecule has 0 saturated heterocycles. The van der Waals surface area contributed by atoms with Crippen molar-refractivity contribution in [3.8, 4) is 5.75 Å². The van der Waals surface area contributed by atoms with Crippen LogP contribution >= 0.6 is 0 Å². The number of fused-ring (bicyclic) bond motifs is 1. The lowest BCUT2D eigenvalue weighted by Gasteiger charge is -2.06. The van der Waals surface area contributed by atoms with Crippen LogP contribution in [0.5, 0.6) is 5.75 Å². The van der Waals surface area contributed by atoms with Crippen LogP contribution in [0.3, 0.4) is 0 Å². The fraction of sp³-hybridized carbons (Fsp3) is 0.0435. The second kappa shape index (κ2) is 8.22. The van der Waals surface area contributed by atoms with Crippen molar-refractivity contribution in [2.45, 2.75) is 6.61 Å². The number of carbonyl (C=O) groups is 1. The lowest BCUT2D eigenvalue weighted by molar-refractivity contribution is 0.0957. The Morgan fingerprint density at radius 2 is 1.71 bits per heavy atom. The summed E-state index contributed by atoms with van der Waals surface area (Å²) in [6.45, 7) is 0.523. The number of rotatable bonds is 6. The van der Waals surface area contributed by atoms with Crippen molar-refractivity contribution in [3.63, 3.8) is 0 Å². The molecule has 1 aromatic heterocycles. The predicted octanol–water partition coefficient (Wildman–Crippen LogP) is 4.51. The number of aromatic nitrogens is 1. The van der Waals surface area contributed by atoms with Gasteiger partial charge < -0.3 is 9.72 Å². The minimum atomic E-state index is -0.253. The third-order valence-electron chi connectivity index (χ3n) is 4.34. The number of nitrogens with zero attached hydrogens (tertiary/aromatic N) is 1. The van der Waals surface area contributed by atoms with Gasteiger partial charge in [-0.3, -0.25) is 4.79 Å². The van der Waals surface area contributed by atoms with Crippen molar-refractivity contribution < 1.29 is 9.53 Å². The summed E-state index contributed by atoms with van der Waals surface area (Å²) < 4.78 is 5.76. The maximum absolute atomic E-state index is 12.3. The highest BCUT2D eigenvalue weighted by Crippen LogP contribution is 2.17. The molecule has 1 heterocycles. The zero-order valence-corrected chi connectivity index (χ0v) is 15.1. The molecule has 0 radical (unpaired) electrons. The van der Waals surface area contributed by atoms with Crippen molar-refractivity contribution in [2.24, 2.45) is 5.10 Å². The van der Waals surface area contributed by atoms with Crippen LogP contribution < -0.4 is 10.2 Å². The Morgan fingerprint density at radius 1 is 0.964 bits per heavy atom. The van der Waals surface area contributed by atoms with Gasteiger partial charge in [0.1, 0.15) is 12.4 Å². The van der Waals surface area contributed by atoms with Gasteiger partial charge in [-0.25, -0.2) is 5.43 Å². The van der Waals surface area contributed by atoms with E-state index in [4.69, 9.17) is 4.74 Å². The first-order chi connectivity index (χ1) is 13.8. The standard InChI is InChI=1S/C23H19N3O2/c27-23(21-15-24-22-9-5-4-8-20(21)22)26-25-14-17-10-12-19(13-11-17)28-16-18-6-2-1-3-7-18/h1-15,24H,16H2,(H,26,27). The summed E-state index contributed by atoms with van der Waals surface area (Å²) in [6.07, 6.45) is 3.29. The first-order valence-electron chi connectivity index (χ1n) is 8.96. The van der Waals surface area contributed by atoms with Crippen molar-refractivity contribution in [1.82, 2.24) is 10.4 Å². The molecule has 28 heavy (non-hydrogen) atoms. The second-order valence-corrected chi connectivity index (χ2v) is 6.29. The highest BCUT2D eigenvalue weighted by molar-refractivity contribution is 6.06. The molecule has 4 aromatic rings. The number of hydrogen-bond donors (Lipinski definition) is 2. The van der Waals surface area contributed by atoms with Gasteiger partial charge in [0.2, 0.25) is 0 Å². The van der Waals surface area contributed by atoms with Gasteiger partial charge >= 0.3 is 0 Å². The molecule has 0 aliphatic carbocycles. The molecule has 0 unspecified atom stereocenters. The normalized spacial score (nSPS) is 11.0. The van der Waals surface area contributed by atoms with Crippen LogP contribution in [0.4, 0.5) is 0 Å². The summed E-state index contributed by atoms with van der Waals surface area (Å²) in [5, 5.41) is 4.92. The minimum absolute atomic E-state index is 0.253. The third kappa shape index (κ3) is 4.10. The highest BCUT2D eigenvalue weighted by atomic mass is 16.5. The summed E-state index contributed by atoms with van der Waals surface area (Å²) in [7, 11) is 0. The molecule has 0 aliphatic heterocycles. The van der Waals surface area contributed by atoms with Gasteiger partial charge in [0.25, 0.3) is 5.91 Å². The first-order valence-corrected chi connectivity index (χ1v) is 8.96. The number of hydrogen-bond acceptors (Lipinski definition) is 3. The number of para-hydroxylation sites is 1. The Kier molecular flexibility index (Phi) is 5.15. The monoisotopic (exact) mass is 369 g/mol. The maximum Gasteiger partial charge on any atom is 0.273 e. The van der Waals surface area contributed by atoms with Gasteiger partial charge in [0.15, 0.2) is 0 Å². The first kappa shape index (κ1) is 17.5. The Balaban J connectivity index is 1.34. The molecule has 3 aromatic carbocycles. The van der Waals surface area contributed by atoms with Gasteiger partial charge in [0.05, 0.1) is 11.8 Å². The Bertz CT molecular complexity index is 1100. The van der Waals surface area contributed by atoms with E-state index in [9.17, 15) is 4.79 Å². The fourth-order valence-electron chi connectivity index (χ4n) is 2.88. The van der Waals surface area contributed by atoms with Crippen LogP contribution in [0, 0.1) is 0 Å². The lowest BCUT2D eigenvalue weighted by atomic mass is 10.2. The Labute approximate surface area is 162 Å². The van der Waals surface area contributed by atoms with Crippen molar-refractivity contribution >= 4 is 23.0 Å². The van der Waals surface area contributed by atoms with Gasteiger partial charge in [0, 0.05) is 17.1 Å². The summed E-state index contributed by atoms with van der Waals surface area (Å²) in [4.78, 5) is 15.4. The van der Waals surface area contributed by atoms with Crippen LogP contribution in [-0.2, 0) is 6.61 Å². The van der Waals surface area contributed by atoms with Gasteiger partial charge in [-0.15, -0.1) is 0 Å². The molecule has 0 saturated carbocycles. The Hall–Kier alpha value is -3.86. The van der Waals surface area contributed by atoms with E-state index >= 15 is 0 Å². The lowest BCUT2D eigenvalue weighted by Crippen LogP contribution is -2.17.